The number of rotatable bonds is 3. The van der Waals surface area contributed by atoms with Gasteiger partial charge in [-0.25, -0.2) is 0 Å². The van der Waals surface area contributed by atoms with Gasteiger partial charge in [-0.05, 0) is 17.9 Å². The standard InChI is InChI=1S/C9H13.C5H8.C4H10N.2CH3.H4Si.Ti/c1-6-5-7(2)9(4)8(6)3;1-3-5-4-2;1-4(2,3)5;;;;/h6H,1-4H3;3-5H,1H2,2H3;5H,1-3H3;2*1H3;1H4;/q;;-1;;;;+1. The second-order valence-corrected chi connectivity index (χ2v) is 14.1. The third kappa shape index (κ3) is 7.51. The summed E-state index contributed by atoms with van der Waals surface area (Å²) in [6, 6.07) is 0. The van der Waals surface area contributed by atoms with Crippen LogP contribution in [0.25, 0.3) is 0 Å². The van der Waals surface area contributed by atoms with Crippen LogP contribution >= 0.6 is 0 Å². The Morgan fingerprint density at radius 3 is 1.78 bits per heavy atom. The molecule has 23 heavy (non-hydrogen) atoms. The van der Waals surface area contributed by atoms with Gasteiger partial charge < -0.3 is 0 Å². The van der Waals surface area contributed by atoms with E-state index in [1.165, 1.54) is 5.57 Å². The molecule has 0 aromatic heterocycles. The van der Waals surface area contributed by atoms with Crippen molar-refractivity contribution in [2.75, 3.05) is 0 Å². The first kappa shape index (κ1) is 25.1. The maximum atomic E-state index is 3.94. The van der Waals surface area contributed by atoms with E-state index in [1.54, 1.807) is 21.1 Å². The Morgan fingerprint density at radius 1 is 1.09 bits per heavy atom. The molecule has 0 spiro atoms. The van der Waals surface area contributed by atoms with Crippen molar-refractivity contribution in [3.05, 3.63) is 45.4 Å². The molecule has 0 fully saturated rings. The van der Waals surface area contributed by atoms with Gasteiger partial charge in [0.15, 0.2) is 0 Å². The van der Waals surface area contributed by atoms with Crippen molar-refractivity contribution < 1.29 is 16.8 Å². The molecule has 1 N–H and O–H groups in total. The van der Waals surface area contributed by atoms with E-state index in [1.807, 2.05) is 19.1 Å². The van der Waals surface area contributed by atoms with Crippen molar-refractivity contribution in [2.45, 2.75) is 71.4 Å². The van der Waals surface area contributed by atoms with Gasteiger partial charge in [0.25, 0.3) is 0 Å². The first-order valence-corrected chi connectivity index (χ1v) is 13.0. The minimum Gasteiger partial charge on any atom is -0.0149 e. The van der Waals surface area contributed by atoms with Gasteiger partial charge in [-0.15, -0.1) is 0 Å². The summed E-state index contributed by atoms with van der Waals surface area (Å²) in [4.78, 5) is 0. The van der Waals surface area contributed by atoms with Gasteiger partial charge >= 0.3 is 112 Å². The molecule has 1 aliphatic rings. The van der Waals surface area contributed by atoms with Crippen molar-refractivity contribution in [1.29, 1.82) is 0 Å². The molecule has 1 nitrogen and oxygen atoms in total. The first-order valence-electron chi connectivity index (χ1n) is 8.31. The van der Waals surface area contributed by atoms with Gasteiger partial charge in [-0.1, -0.05) is 24.8 Å². The third-order valence-corrected chi connectivity index (χ3v) is 9.84. The van der Waals surface area contributed by atoms with E-state index < -0.39 is 16.8 Å². The SMILES string of the molecule is C=CC=CC.CC1=C(C)C(C)[C]([Ti]([CH3])([CH3])[NH]C(C)(C)C)=C1C.[SiH4]. The van der Waals surface area contributed by atoms with E-state index in [9.17, 15) is 0 Å². The number of allylic oxidation sites excluding steroid dienone is 7. The molecule has 134 valence electrons. The van der Waals surface area contributed by atoms with Crippen LogP contribution in [0, 0.1) is 5.92 Å². The maximum Gasteiger partial charge on any atom is -0.0149 e. The van der Waals surface area contributed by atoms with E-state index in [-0.39, 0.29) is 16.5 Å². The van der Waals surface area contributed by atoms with Crippen LogP contribution in [0.5, 0.6) is 0 Å². The van der Waals surface area contributed by atoms with Gasteiger partial charge in [0.2, 0.25) is 0 Å². The van der Waals surface area contributed by atoms with Crippen LogP contribution in [0.3, 0.4) is 0 Å². The second-order valence-electron chi connectivity index (χ2n) is 7.83. The van der Waals surface area contributed by atoms with Crippen molar-refractivity contribution in [1.82, 2.24) is 3.80 Å². The van der Waals surface area contributed by atoms with E-state index in [4.69, 9.17) is 0 Å². The average Bonchev–Trinajstić information content (AvgIpc) is 2.53. The normalized spacial score (nSPS) is 18.8. The minimum absolute atomic E-state index is 0. The zero-order valence-electron chi connectivity index (χ0n) is 16.5. The topological polar surface area (TPSA) is 12.0 Å². The monoisotopic (exact) mass is 371 g/mol. The summed E-state index contributed by atoms with van der Waals surface area (Å²) in [5.74, 6) is 0.653. The van der Waals surface area contributed by atoms with Crippen LogP contribution in [-0.4, -0.2) is 16.5 Å². The summed E-state index contributed by atoms with van der Waals surface area (Å²) >= 11 is -2.08. The summed E-state index contributed by atoms with van der Waals surface area (Å²) in [6.45, 7) is 21.5. The minimum atomic E-state index is -2.08. The van der Waals surface area contributed by atoms with E-state index >= 15 is 0 Å². The van der Waals surface area contributed by atoms with Gasteiger partial charge in [-0.2, -0.15) is 0 Å². The molecule has 0 aromatic rings. The third-order valence-electron chi connectivity index (χ3n) is 4.33. The fraction of sp³-hybridized carbons (Fsp3) is 0.600. The Bertz CT molecular complexity index is 490. The van der Waals surface area contributed by atoms with Crippen LogP contribution in [0.15, 0.2) is 45.4 Å². The van der Waals surface area contributed by atoms with Crippen molar-refractivity contribution in [3.8, 4) is 0 Å². The fourth-order valence-electron chi connectivity index (χ4n) is 3.51. The predicted molar refractivity (Wildman–Crippen MR) is 111 cm³/mol. The molecule has 1 rings (SSSR count). The quantitative estimate of drug-likeness (QED) is 0.538. The molecule has 3 heteroatoms. The number of nitrogens with one attached hydrogen (secondary N) is 1. The van der Waals surface area contributed by atoms with Crippen molar-refractivity contribution >= 4 is 11.0 Å². The largest absolute Gasteiger partial charge is 0.0149 e. The molecule has 0 saturated heterocycles. The smallest absolute Gasteiger partial charge is 0.0149 e. The molecule has 1 unspecified atom stereocenters. The Balaban J connectivity index is 0. The average molecular weight is 372 g/mol. The van der Waals surface area contributed by atoms with Gasteiger partial charge in [0, 0.05) is 0 Å². The van der Waals surface area contributed by atoms with E-state index in [2.05, 4.69) is 69.3 Å². The number of hydrogen-bond donors (Lipinski definition) is 1. The molecular weight excluding hydrogens is 330 g/mol. The molecular formula is C20H41NSiTi. The van der Waals surface area contributed by atoms with Gasteiger partial charge in [-0.3, -0.25) is 0 Å². The molecule has 0 aromatic carbocycles. The Hall–Kier alpha value is -0.149. The summed E-state index contributed by atoms with van der Waals surface area (Å²) in [7, 11) is 0. The summed E-state index contributed by atoms with van der Waals surface area (Å²) in [5.41, 5.74) is 4.89. The Labute approximate surface area is 154 Å². The fourth-order valence-corrected chi connectivity index (χ4v) is 10.4. The van der Waals surface area contributed by atoms with Crippen LogP contribution in [0.1, 0.15) is 55.4 Å². The molecule has 0 bridgehead atoms. The van der Waals surface area contributed by atoms with E-state index in [0.29, 0.717) is 5.92 Å². The van der Waals surface area contributed by atoms with Crippen LogP contribution in [-0.2, 0) is 16.8 Å². The molecule has 0 amide bonds. The Kier molecular flexibility index (Phi) is 10.9. The van der Waals surface area contributed by atoms with Crippen molar-refractivity contribution in [3.63, 3.8) is 0 Å². The molecule has 1 aliphatic carbocycles. The molecule has 0 aliphatic heterocycles. The van der Waals surface area contributed by atoms with Gasteiger partial charge in [0.1, 0.15) is 0 Å². The van der Waals surface area contributed by atoms with Crippen LogP contribution in [0.4, 0.5) is 0 Å². The summed E-state index contributed by atoms with van der Waals surface area (Å²) in [5, 5.41) is 4.99. The Morgan fingerprint density at radius 2 is 1.57 bits per heavy atom. The summed E-state index contributed by atoms with van der Waals surface area (Å²) < 4.78 is 5.69. The van der Waals surface area contributed by atoms with E-state index in [0.717, 1.165) is 0 Å². The number of hydrogen-bond acceptors (Lipinski definition) is 1. The summed E-state index contributed by atoms with van der Waals surface area (Å²) in [6.07, 6.45) is 5.58. The maximum absolute atomic E-state index is 3.94. The second kappa shape index (κ2) is 9.98. The first-order chi connectivity index (χ1) is 9.89. The molecule has 0 heterocycles. The zero-order chi connectivity index (χ0) is 17.7. The predicted octanol–water partition coefficient (Wildman–Crippen LogP) is 5.10. The molecule has 0 radical (unpaired) electrons. The molecule has 0 saturated carbocycles. The zero-order valence-corrected chi connectivity index (χ0v) is 18.1. The van der Waals surface area contributed by atoms with Crippen LogP contribution < -0.4 is 3.80 Å². The van der Waals surface area contributed by atoms with Crippen molar-refractivity contribution in [2.24, 2.45) is 5.92 Å². The van der Waals surface area contributed by atoms with Gasteiger partial charge in [0.05, 0.1) is 0 Å². The molecule has 1 atom stereocenters. The van der Waals surface area contributed by atoms with Crippen LogP contribution in [0.2, 0.25) is 10.5 Å².